The highest BCUT2D eigenvalue weighted by Gasteiger charge is 2.27. The first-order valence-corrected chi connectivity index (χ1v) is 9.75. The van der Waals surface area contributed by atoms with E-state index < -0.39 is 9.84 Å². The zero-order chi connectivity index (χ0) is 17.2. The first kappa shape index (κ1) is 16.6. The highest BCUT2D eigenvalue weighted by molar-refractivity contribution is 7.90. The molecule has 1 aliphatic rings. The van der Waals surface area contributed by atoms with Gasteiger partial charge in [-0.15, -0.1) is 5.10 Å². The van der Waals surface area contributed by atoms with Gasteiger partial charge in [0.25, 0.3) is 0 Å². The minimum atomic E-state index is -3.18. The molecular weight excluding hydrogens is 328 g/mol. The van der Waals surface area contributed by atoms with E-state index in [1.165, 1.54) is 6.26 Å². The van der Waals surface area contributed by atoms with Gasteiger partial charge in [-0.3, -0.25) is 4.79 Å². The van der Waals surface area contributed by atoms with Crippen molar-refractivity contribution in [3.63, 3.8) is 0 Å². The second-order valence-electron chi connectivity index (χ2n) is 6.08. The number of aryl methyl sites for hydroxylation is 1. The van der Waals surface area contributed by atoms with Crippen LogP contribution in [0.3, 0.4) is 0 Å². The summed E-state index contributed by atoms with van der Waals surface area (Å²) in [5.41, 5.74) is 0.961. The number of likely N-dealkylation sites (tertiary alicyclic amines) is 1. The van der Waals surface area contributed by atoms with Gasteiger partial charge in [-0.05, 0) is 30.5 Å². The van der Waals surface area contributed by atoms with Gasteiger partial charge in [-0.25, -0.2) is 13.1 Å². The Labute approximate surface area is 141 Å². The predicted molar refractivity (Wildman–Crippen MR) is 88.1 cm³/mol. The van der Waals surface area contributed by atoms with E-state index in [1.54, 1.807) is 35.1 Å². The summed E-state index contributed by atoms with van der Waals surface area (Å²) in [6, 6.07) is 6.92. The van der Waals surface area contributed by atoms with Crippen LogP contribution in [0.4, 0.5) is 0 Å². The average molecular weight is 348 g/mol. The van der Waals surface area contributed by atoms with Crippen molar-refractivity contribution in [2.24, 2.45) is 0 Å². The van der Waals surface area contributed by atoms with Crippen LogP contribution in [-0.4, -0.2) is 53.6 Å². The molecule has 24 heavy (non-hydrogen) atoms. The summed E-state index contributed by atoms with van der Waals surface area (Å²) in [5.74, 6) is 0.116. The largest absolute Gasteiger partial charge is 0.340 e. The Hall–Kier alpha value is -2.22. The van der Waals surface area contributed by atoms with Crippen molar-refractivity contribution in [2.75, 3.05) is 19.3 Å². The summed E-state index contributed by atoms with van der Waals surface area (Å²) in [7, 11) is -3.18. The lowest BCUT2D eigenvalue weighted by Crippen LogP contribution is -2.29. The molecule has 8 heteroatoms. The number of rotatable bonds is 5. The summed E-state index contributed by atoms with van der Waals surface area (Å²) in [6.45, 7) is 1.39. The monoisotopic (exact) mass is 348 g/mol. The molecular formula is C16H20N4O3S. The van der Waals surface area contributed by atoms with Gasteiger partial charge >= 0.3 is 0 Å². The number of amides is 1. The van der Waals surface area contributed by atoms with Crippen molar-refractivity contribution >= 4 is 15.7 Å². The first-order chi connectivity index (χ1) is 11.4. The van der Waals surface area contributed by atoms with E-state index >= 15 is 0 Å². The predicted octanol–water partition coefficient (Wildman–Crippen LogP) is 1.09. The molecule has 2 aromatic rings. The Kier molecular flexibility index (Phi) is 4.66. The lowest BCUT2D eigenvalue weighted by atomic mass is 10.1. The molecule has 1 fully saturated rings. The Morgan fingerprint density at radius 3 is 2.67 bits per heavy atom. The molecule has 1 aromatic heterocycles. The molecule has 1 atom stereocenters. The zero-order valence-corrected chi connectivity index (χ0v) is 14.3. The van der Waals surface area contributed by atoms with Crippen LogP contribution in [0.5, 0.6) is 0 Å². The third-order valence-electron chi connectivity index (χ3n) is 4.31. The van der Waals surface area contributed by atoms with Crippen molar-refractivity contribution in [3.8, 4) is 0 Å². The molecule has 0 bridgehead atoms. The second-order valence-corrected chi connectivity index (χ2v) is 8.10. The van der Waals surface area contributed by atoms with Crippen LogP contribution in [0.25, 0.3) is 0 Å². The Morgan fingerprint density at radius 1 is 1.29 bits per heavy atom. The molecule has 1 amide bonds. The third kappa shape index (κ3) is 3.81. The van der Waals surface area contributed by atoms with Gasteiger partial charge in [0.2, 0.25) is 5.91 Å². The van der Waals surface area contributed by atoms with Gasteiger partial charge in [0.15, 0.2) is 9.84 Å². The molecule has 7 nitrogen and oxygen atoms in total. The normalized spacial score (nSPS) is 18.0. The molecule has 0 aliphatic carbocycles. The quantitative estimate of drug-likeness (QED) is 0.807. The molecule has 2 heterocycles. The fraction of sp³-hybridized carbons (Fsp3) is 0.438. The van der Waals surface area contributed by atoms with Gasteiger partial charge in [0, 0.05) is 32.0 Å². The lowest BCUT2D eigenvalue weighted by Gasteiger charge is -2.16. The number of carbonyl (C=O) groups is 1. The maximum Gasteiger partial charge on any atom is 0.222 e. The van der Waals surface area contributed by atoms with E-state index in [9.17, 15) is 13.2 Å². The zero-order valence-electron chi connectivity index (χ0n) is 13.5. The van der Waals surface area contributed by atoms with Gasteiger partial charge in [0.05, 0.1) is 17.1 Å². The van der Waals surface area contributed by atoms with Crippen LogP contribution < -0.4 is 0 Å². The number of hydrogen-bond acceptors (Lipinski definition) is 5. The summed E-state index contributed by atoms with van der Waals surface area (Å²) in [6.07, 6.45) is 6.56. The van der Waals surface area contributed by atoms with Gasteiger partial charge in [0.1, 0.15) is 0 Å². The highest BCUT2D eigenvalue weighted by Crippen LogP contribution is 2.21. The smallest absolute Gasteiger partial charge is 0.222 e. The highest BCUT2D eigenvalue weighted by atomic mass is 32.2. The second kappa shape index (κ2) is 6.72. The molecule has 1 unspecified atom stereocenters. The van der Waals surface area contributed by atoms with E-state index in [1.807, 2.05) is 11.1 Å². The molecule has 0 spiro atoms. The van der Waals surface area contributed by atoms with E-state index in [0.717, 1.165) is 18.5 Å². The van der Waals surface area contributed by atoms with E-state index in [2.05, 4.69) is 10.3 Å². The lowest BCUT2D eigenvalue weighted by molar-refractivity contribution is -0.130. The van der Waals surface area contributed by atoms with E-state index in [-0.39, 0.29) is 11.9 Å². The summed E-state index contributed by atoms with van der Waals surface area (Å²) in [4.78, 5) is 14.5. The Morgan fingerprint density at radius 2 is 2.04 bits per heavy atom. The van der Waals surface area contributed by atoms with Crippen LogP contribution in [0.1, 0.15) is 24.4 Å². The Balaban J connectivity index is 1.53. The van der Waals surface area contributed by atoms with E-state index in [0.29, 0.717) is 24.3 Å². The Bertz CT molecular complexity index is 800. The fourth-order valence-electron chi connectivity index (χ4n) is 2.91. The number of hydrogen-bond donors (Lipinski definition) is 0. The minimum Gasteiger partial charge on any atom is -0.340 e. The van der Waals surface area contributed by atoms with Crippen LogP contribution in [0.15, 0.2) is 41.6 Å². The molecule has 0 saturated carbocycles. The van der Waals surface area contributed by atoms with Gasteiger partial charge in [-0.2, -0.15) is 0 Å². The molecule has 0 radical (unpaired) electrons. The topological polar surface area (TPSA) is 85.2 Å². The molecule has 1 saturated heterocycles. The fourth-order valence-corrected chi connectivity index (χ4v) is 3.54. The van der Waals surface area contributed by atoms with Crippen LogP contribution in [0.2, 0.25) is 0 Å². The minimum absolute atomic E-state index is 0.116. The van der Waals surface area contributed by atoms with Crippen molar-refractivity contribution in [2.45, 2.75) is 30.2 Å². The van der Waals surface area contributed by atoms with Crippen LogP contribution in [0, 0.1) is 0 Å². The summed E-state index contributed by atoms with van der Waals surface area (Å²) >= 11 is 0. The van der Waals surface area contributed by atoms with Crippen LogP contribution in [-0.2, 0) is 21.1 Å². The maximum atomic E-state index is 12.3. The number of carbonyl (C=O) groups excluding carboxylic acids is 1. The molecule has 1 aliphatic heterocycles. The molecule has 1 aromatic carbocycles. The van der Waals surface area contributed by atoms with Crippen molar-refractivity contribution in [1.82, 2.24) is 19.9 Å². The summed E-state index contributed by atoms with van der Waals surface area (Å²) in [5, 5.41) is 7.80. The number of benzene rings is 1. The van der Waals surface area contributed by atoms with Crippen LogP contribution >= 0.6 is 0 Å². The van der Waals surface area contributed by atoms with Gasteiger partial charge < -0.3 is 4.90 Å². The standard InChI is InChI=1S/C16H20N4O3S/c1-24(22,23)15-5-2-13(3-6-15)4-7-16(21)19-10-8-14(12-19)20-11-9-17-18-20/h2-3,5-6,9,11,14H,4,7-8,10,12H2,1H3. The maximum absolute atomic E-state index is 12.3. The summed E-state index contributed by atoms with van der Waals surface area (Å²) < 4.78 is 24.7. The SMILES string of the molecule is CS(=O)(=O)c1ccc(CCC(=O)N2CCC(n3ccnn3)C2)cc1. The van der Waals surface area contributed by atoms with Gasteiger partial charge in [-0.1, -0.05) is 17.3 Å². The first-order valence-electron chi connectivity index (χ1n) is 7.86. The number of nitrogens with zero attached hydrogens (tertiary/aromatic N) is 4. The number of sulfone groups is 1. The molecule has 0 N–H and O–H groups in total. The average Bonchev–Trinajstić information content (AvgIpc) is 3.22. The molecule has 128 valence electrons. The van der Waals surface area contributed by atoms with Crippen molar-refractivity contribution < 1.29 is 13.2 Å². The van der Waals surface area contributed by atoms with E-state index in [4.69, 9.17) is 0 Å². The molecule has 3 rings (SSSR count). The third-order valence-corrected chi connectivity index (χ3v) is 5.44. The van der Waals surface area contributed by atoms with Crippen molar-refractivity contribution in [1.29, 1.82) is 0 Å². The number of aromatic nitrogens is 3. The van der Waals surface area contributed by atoms with Crippen molar-refractivity contribution in [3.05, 3.63) is 42.2 Å².